The summed E-state index contributed by atoms with van der Waals surface area (Å²) in [4.78, 5) is 26.5. The van der Waals surface area contributed by atoms with Gasteiger partial charge in [0.05, 0.1) is 25.4 Å². The number of carbonyl (C=O) groups is 2. The number of benzene rings is 1. The van der Waals surface area contributed by atoms with Crippen LogP contribution in [0.3, 0.4) is 0 Å². The van der Waals surface area contributed by atoms with E-state index in [1.165, 1.54) is 24.5 Å². The second kappa shape index (κ2) is 8.39. The third kappa shape index (κ3) is 4.09. The van der Waals surface area contributed by atoms with Gasteiger partial charge in [0.25, 0.3) is 0 Å². The Morgan fingerprint density at radius 2 is 2.19 bits per heavy atom. The highest BCUT2D eigenvalue weighted by atomic mass is 32.1. The van der Waals surface area contributed by atoms with Crippen LogP contribution in [0.2, 0.25) is 0 Å². The molecular weight excluding hydrogens is 357 g/mol. The standard InChI is InChI=1S/C18H20FN3O3S/c1-25-18(24)17-14(6-9-26-17)21-16(23)11-22-8-7-20-10-15(22)12-4-2-3-5-13(12)19/h2-6,9,15,20H,7-8,10-11H2,1H3,(H,21,23). The Hall–Kier alpha value is -2.29. The quantitative estimate of drug-likeness (QED) is 0.782. The van der Waals surface area contributed by atoms with Crippen LogP contribution in [0.5, 0.6) is 0 Å². The van der Waals surface area contributed by atoms with Gasteiger partial charge in [-0.3, -0.25) is 9.69 Å². The molecule has 2 heterocycles. The summed E-state index contributed by atoms with van der Waals surface area (Å²) in [5.41, 5.74) is 1.00. The van der Waals surface area contributed by atoms with Crippen molar-refractivity contribution < 1.29 is 18.7 Å². The lowest BCUT2D eigenvalue weighted by Gasteiger charge is -2.36. The van der Waals surface area contributed by atoms with Crippen LogP contribution >= 0.6 is 11.3 Å². The van der Waals surface area contributed by atoms with Crippen molar-refractivity contribution in [1.82, 2.24) is 10.2 Å². The zero-order chi connectivity index (χ0) is 18.5. The molecule has 2 N–H and O–H groups in total. The number of piperazine rings is 1. The molecule has 1 unspecified atom stereocenters. The number of rotatable bonds is 5. The second-order valence-corrected chi connectivity index (χ2v) is 6.83. The fourth-order valence-electron chi connectivity index (χ4n) is 3.02. The first kappa shape index (κ1) is 18.5. The van der Waals surface area contributed by atoms with Crippen LogP contribution in [-0.4, -0.2) is 50.1 Å². The highest BCUT2D eigenvalue weighted by Gasteiger charge is 2.27. The van der Waals surface area contributed by atoms with Crippen LogP contribution in [0.15, 0.2) is 35.7 Å². The maximum absolute atomic E-state index is 14.2. The fourth-order valence-corrected chi connectivity index (χ4v) is 3.79. The van der Waals surface area contributed by atoms with Gasteiger partial charge in [-0.05, 0) is 17.5 Å². The molecule has 3 rings (SSSR count). The van der Waals surface area contributed by atoms with Crippen LogP contribution in [0.1, 0.15) is 21.3 Å². The smallest absolute Gasteiger partial charge is 0.350 e. The third-order valence-electron chi connectivity index (χ3n) is 4.28. The first-order valence-corrected chi connectivity index (χ1v) is 9.13. The van der Waals surface area contributed by atoms with Crippen molar-refractivity contribution in [1.29, 1.82) is 0 Å². The molecule has 1 aromatic heterocycles. The van der Waals surface area contributed by atoms with E-state index in [1.54, 1.807) is 29.6 Å². The van der Waals surface area contributed by atoms with Gasteiger partial charge in [0.2, 0.25) is 5.91 Å². The molecule has 8 heteroatoms. The number of amides is 1. The number of nitrogens with zero attached hydrogens (tertiary/aromatic N) is 1. The molecule has 1 amide bonds. The predicted molar refractivity (Wildman–Crippen MR) is 97.9 cm³/mol. The number of carbonyl (C=O) groups excluding carboxylic acids is 2. The summed E-state index contributed by atoms with van der Waals surface area (Å²) in [7, 11) is 1.30. The normalized spacial score (nSPS) is 17.7. The lowest BCUT2D eigenvalue weighted by Crippen LogP contribution is -2.48. The molecule has 1 fully saturated rings. The first-order valence-electron chi connectivity index (χ1n) is 8.25. The Bertz CT molecular complexity index is 795. The summed E-state index contributed by atoms with van der Waals surface area (Å²) in [6.07, 6.45) is 0. The van der Waals surface area contributed by atoms with E-state index in [-0.39, 0.29) is 24.3 Å². The minimum absolute atomic E-state index is 0.108. The summed E-state index contributed by atoms with van der Waals surface area (Å²) in [5, 5.41) is 7.71. The Balaban J connectivity index is 1.70. The number of ether oxygens (including phenoxy) is 1. The molecule has 0 aliphatic carbocycles. The number of anilines is 1. The summed E-state index contributed by atoms with van der Waals surface area (Å²) >= 11 is 1.21. The Labute approximate surface area is 155 Å². The Morgan fingerprint density at radius 3 is 2.96 bits per heavy atom. The second-order valence-electron chi connectivity index (χ2n) is 5.92. The van der Waals surface area contributed by atoms with Gasteiger partial charge in [0.15, 0.2) is 0 Å². The molecule has 1 atom stereocenters. The predicted octanol–water partition coefficient (Wildman–Crippen LogP) is 2.26. The van der Waals surface area contributed by atoms with E-state index in [4.69, 9.17) is 4.74 Å². The van der Waals surface area contributed by atoms with E-state index in [0.29, 0.717) is 29.2 Å². The molecule has 1 aliphatic rings. The van der Waals surface area contributed by atoms with Crippen LogP contribution < -0.4 is 10.6 Å². The SMILES string of the molecule is COC(=O)c1sccc1NC(=O)CN1CCNCC1c1ccccc1F. The monoisotopic (exact) mass is 377 g/mol. The van der Waals surface area contributed by atoms with Crippen molar-refractivity contribution >= 4 is 28.9 Å². The molecule has 1 aromatic carbocycles. The zero-order valence-corrected chi connectivity index (χ0v) is 15.1. The fraction of sp³-hybridized carbons (Fsp3) is 0.333. The Kier molecular flexibility index (Phi) is 5.97. The summed E-state index contributed by atoms with van der Waals surface area (Å²) in [6.45, 7) is 2.03. The number of thiophene rings is 1. The largest absolute Gasteiger partial charge is 0.465 e. The molecule has 1 aliphatic heterocycles. The number of hydrogen-bond donors (Lipinski definition) is 2. The van der Waals surface area contributed by atoms with Crippen molar-refractivity contribution in [3.05, 3.63) is 52.0 Å². The molecule has 138 valence electrons. The lowest BCUT2D eigenvalue weighted by molar-refractivity contribution is -0.118. The molecule has 2 aromatic rings. The van der Waals surface area contributed by atoms with Gasteiger partial charge in [-0.2, -0.15) is 0 Å². The van der Waals surface area contributed by atoms with E-state index in [0.717, 1.165) is 6.54 Å². The van der Waals surface area contributed by atoms with Gasteiger partial charge in [0.1, 0.15) is 10.7 Å². The van der Waals surface area contributed by atoms with Gasteiger partial charge in [-0.1, -0.05) is 18.2 Å². The van der Waals surface area contributed by atoms with Gasteiger partial charge in [-0.25, -0.2) is 9.18 Å². The zero-order valence-electron chi connectivity index (χ0n) is 14.3. The van der Waals surface area contributed by atoms with E-state index >= 15 is 0 Å². The van der Waals surface area contributed by atoms with Crippen LogP contribution in [-0.2, 0) is 9.53 Å². The number of halogens is 1. The number of methoxy groups -OCH3 is 1. The first-order chi connectivity index (χ1) is 12.6. The number of nitrogens with one attached hydrogen (secondary N) is 2. The van der Waals surface area contributed by atoms with Gasteiger partial charge in [-0.15, -0.1) is 11.3 Å². The molecule has 0 radical (unpaired) electrons. The summed E-state index contributed by atoms with van der Waals surface area (Å²) in [5.74, 6) is -1.02. The maximum Gasteiger partial charge on any atom is 0.350 e. The molecule has 6 nitrogen and oxygen atoms in total. The molecule has 26 heavy (non-hydrogen) atoms. The van der Waals surface area contributed by atoms with Crippen molar-refractivity contribution in [3.63, 3.8) is 0 Å². The third-order valence-corrected chi connectivity index (χ3v) is 5.17. The molecular formula is C18H20FN3O3S. The number of esters is 1. The average molecular weight is 377 g/mol. The van der Waals surface area contributed by atoms with Crippen molar-refractivity contribution in [2.24, 2.45) is 0 Å². The topological polar surface area (TPSA) is 70.7 Å². The molecule has 0 spiro atoms. The van der Waals surface area contributed by atoms with Gasteiger partial charge >= 0.3 is 5.97 Å². The minimum atomic E-state index is -0.485. The maximum atomic E-state index is 14.2. The van der Waals surface area contributed by atoms with E-state index in [2.05, 4.69) is 10.6 Å². The van der Waals surface area contributed by atoms with Crippen LogP contribution in [0.4, 0.5) is 10.1 Å². The lowest BCUT2D eigenvalue weighted by atomic mass is 10.0. The van der Waals surface area contributed by atoms with Crippen molar-refractivity contribution in [3.8, 4) is 0 Å². The van der Waals surface area contributed by atoms with Crippen molar-refractivity contribution in [2.75, 3.05) is 38.6 Å². The number of hydrogen-bond acceptors (Lipinski definition) is 6. The van der Waals surface area contributed by atoms with Crippen molar-refractivity contribution in [2.45, 2.75) is 6.04 Å². The van der Waals surface area contributed by atoms with Gasteiger partial charge < -0.3 is 15.4 Å². The molecule has 0 bridgehead atoms. The van der Waals surface area contributed by atoms with Crippen LogP contribution in [0.25, 0.3) is 0 Å². The summed E-state index contributed by atoms with van der Waals surface area (Å²) in [6, 6.07) is 8.05. The average Bonchev–Trinajstić information content (AvgIpc) is 3.10. The van der Waals surface area contributed by atoms with E-state index < -0.39 is 5.97 Å². The van der Waals surface area contributed by atoms with E-state index in [9.17, 15) is 14.0 Å². The van der Waals surface area contributed by atoms with Crippen LogP contribution in [0, 0.1) is 5.82 Å². The summed E-state index contributed by atoms with van der Waals surface area (Å²) < 4.78 is 18.9. The van der Waals surface area contributed by atoms with E-state index in [1.807, 2.05) is 4.90 Å². The molecule has 0 saturated carbocycles. The highest BCUT2D eigenvalue weighted by molar-refractivity contribution is 7.12. The molecule has 1 saturated heterocycles. The highest BCUT2D eigenvalue weighted by Crippen LogP contribution is 2.26. The van der Waals surface area contributed by atoms with Gasteiger partial charge in [0, 0.05) is 25.2 Å². The minimum Gasteiger partial charge on any atom is -0.465 e. The Morgan fingerprint density at radius 1 is 1.38 bits per heavy atom.